The molecule has 1 aromatic carbocycles. The van der Waals surface area contributed by atoms with E-state index in [1.165, 1.54) is 0 Å². The van der Waals surface area contributed by atoms with Crippen molar-refractivity contribution in [2.75, 3.05) is 13.2 Å². The van der Waals surface area contributed by atoms with Gasteiger partial charge in [-0.15, -0.1) is 0 Å². The highest BCUT2D eigenvalue weighted by molar-refractivity contribution is 5.31. The van der Waals surface area contributed by atoms with Crippen LogP contribution in [0.1, 0.15) is 26.7 Å². The topological polar surface area (TPSA) is 38.7 Å². The van der Waals surface area contributed by atoms with E-state index in [0.29, 0.717) is 6.61 Å². The SMILES string of the molecule is CCCCOc1ccc(OCC(C)O)cc1. The van der Waals surface area contributed by atoms with E-state index in [1.54, 1.807) is 6.92 Å². The van der Waals surface area contributed by atoms with Crippen molar-refractivity contribution in [2.45, 2.75) is 32.8 Å². The van der Waals surface area contributed by atoms with Crippen LogP contribution in [0.25, 0.3) is 0 Å². The van der Waals surface area contributed by atoms with Gasteiger partial charge < -0.3 is 14.6 Å². The molecule has 0 bridgehead atoms. The molecule has 3 nitrogen and oxygen atoms in total. The van der Waals surface area contributed by atoms with Crippen LogP contribution in [0, 0.1) is 0 Å². The van der Waals surface area contributed by atoms with Gasteiger partial charge in [-0.2, -0.15) is 0 Å². The van der Waals surface area contributed by atoms with Crippen LogP contribution >= 0.6 is 0 Å². The number of hydrogen-bond donors (Lipinski definition) is 1. The molecule has 1 aromatic rings. The Balaban J connectivity index is 2.35. The number of hydrogen-bond acceptors (Lipinski definition) is 3. The lowest BCUT2D eigenvalue weighted by atomic mass is 10.3. The van der Waals surface area contributed by atoms with E-state index >= 15 is 0 Å². The maximum absolute atomic E-state index is 9.06. The molecule has 0 amide bonds. The van der Waals surface area contributed by atoms with E-state index in [4.69, 9.17) is 14.6 Å². The molecule has 1 rings (SSSR count). The molecule has 16 heavy (non-hydrogen) atoms. The summed E-state index contributed by atoms with van der Waals surface area (Å²) in [6.07, 6.45) is 1.76. The van der Waals surface area contributed by atoms with Crippen molar-refractivity contribution >= 4 is 0 Å². The minimum Gasteiger partial charge on any atom is -0.494 e. The molecule has 1 unspecified atom stereocenters. The van der Waals surface area contributed by atoms with Crippen molar-refractivity contribution in [3.05, 3.63) is 24.3 Å². The molecule has 0 aliphatic carbocycles. The summed E-state index contributed by atoms with van der Waals surface area (Å²) in [5, 5.41) is 9.06. The van der Waals surface area contributed by atoms with E-state index in [9.17, 15) is 0 Å². The summed E-state index contributed by atoms with van der Waals surface area (Å²) < 4.78 is 10.9. The third kappa shape index (κ3) is 5.03. The van der Waals surface area contributed by atoms with Gasteiger partial charge in [-0.3, -0.25) is 0 Å². The van der Waals surface area contributed by atoms with E-state index in [0.717, 1.165) is 30.9 Å². The Kier molecular flexibility index (Phi) is 5.72. The van der Waals surface area contributed by atoms with E-state index in [1.807, 2.05) is 24.3 Å². The average molecular weight is 224 g/mol. The Hall–Kier alpha value is -1.22. The summed E-state index contributed by atoms with van der Waals surface area (Å²) in [5.41, 5.74) is 0. The first-order valence-electron chi connectivity index (χ1n) is 5.76. The zero-order chi connectivity index (χ0) is 11.8. The highest BCUT2D eigenvalue weighted by Gasteiger charge is 1.99. The van der Waals surface area contributed by atoms with Gasteiger partial charge in [0.15, 0.2) is 0 Å². The molecule has 3 heteroatoms. The second kappa shape index (κ2) is 7.12. The second-order valence-electron chi connectivity index (χ2n) is 3.83. The number of unbranched alkanes of at least 4 members (excludes halogenated alkanes) is 1. The monoisotopic (exact) mass is 224 g/mol. The molecule has 0 spiro atoms. The minimum atomic E-state index is -0.444. The standard InChI is InChI=1S/C13H20O3/c1-3-4-9-15-12-5-7-13(8-6-12)16-10-11(2)14/h5-8,11,14H,3-4,9-10H2,1-2H3. The summed E-state index contributed by atoms with van der Waals surface area (Å²) in [5.74, 6) is 1.61. The van der Waals surface area contributed by atoms with Crippen molar-refractivity contribution in [3.8, 4) is 11.5 Å². The van der Waals surface area contributed by atoms with Crippen LogP contribution in [0.3, 0.4) is 0 Å². The number of benzene rings is 1. The quantitative estimate of drug-likeness (QED) is 0.724. The van der Waals surface area contributed by atoms with Gasteiger partial charge in [-0.1, -0.05) is 13.3 Å². The van der Waals surface area contributed by atoms with E-state index in [-0.39, 0.29) is 0 Å². The molecule has 0 saturated carbocycles. The van der Waals surface area contributed by atoms with Crippen LogP contribution in [-0.2, 0) is 0 Å². The van der Waals surface area contributed by atoms with Crippen molar-refractivity contribution < 1.29 is 14.6 Å². The smallest absolute Gasteiger partial charge is 0.119 e. The largest absolute Gasteiger partial charge is 0.494 e. The Labute approximate surface area is 97.0 Å². The number of rotatable bonds is 7. The molecule has 0 saturated heterocycles. The maximum atomic E-state index is 9.06. The zero-order valence-corrected chi connectivity index (χ0v) is 9.98. The van der Waals surface area contributed by atoms with Crippen LogP contribution in [0.2, 0.25) is 0 Å². The fourth-order valence-corrected chi connectivity index (χ4v) is 1.18. The fraction of sp³-hybridized carbons (Fsp3) is 0.538. The van der Waals surface area contributed by atoms with Gasteiger partial charge in [-0.25, -0.2) is 0 Å². The predicted molar refractivity (Wildman–Crippen MR) is 64.0 cm³/mol. The molecular weight excluding hydrogens is 204 g/mol. The van der Waals surface area contributed by atoms with Crippen LogP contribution in [0.4, 0.5) is 0 Å². The molecule has 0 aromatic heterocycles. The Morgan fingerprint density at radius 3 is 2.19 bits per heavy atom. The summed E-state index contributed by atoms with van der Waals surface area (Å²) in [6, 6.07) is 7.47. The van der Waals surface area contributed by atoms with Crippen LogP contribution < -0.4 is 9.47 Å². The maximum Gasteiger partial charge on any atom is 0.119 e. The molecular formula is C13H20O3. The lowest BCUT2D eigenvalue weighted by Crippen LogP contribution is -2.12. The first-order chi connectivity index (χ1) is 7.72. The van der Waals surface area contributed by atoms with Crippen molar-refractivity contribution in [3.63, 3.8) is 0 Å². The number of ether oxygens (including phenoxy) is 2. The van der Waals surface area contributed by atoms with Gasteiger partial charge in [-0.05, 0) is 37.6 Å². The van der Waals surface area contributed by atoms with Crippen LogP contribution in [-0.4, -0.2) is 24.4 Å². The second-order valence-corrected chi connectivity index (χ2v) is 3.83. The van der Waals surface area contributed by atoms with Gasteiger partial charge in [0.2, 0.25) is 0 Å². The minimum absolute atomic E-state index is 0.316. The summed E-state index contributed by atoms with van der Waals surface area (Å²) >= 11 is 0. The molecule has 90 valence electrons. The van der Waals surface area contributed by atoms with Crippen LogP contribution in [0.5, 0.6) is 11.5 Å². The Bertz CT molecular complexity index is 280. The van der Waals surface area contributed by atoms with Crippen molar-refractivity contribution in [2.24, 2.45) is 0 Å². The van der Waals surface area contributed by atoms with Gasteiger partial charge in [0.25, 0.3) is 0 Å². The van der Waals surface area contributed by atoms with Crippen molar-refractivity contribution in [1.82, 2.24) is 0 Å². The summed E-state index contributed by atoms with van der Waals surface area (Å²) in [7, 11) is 0. The van der Waals surface area contributed by atoms with Crippen molar-refractivity contribution in [1.29, 1.82) is 0 Å². The van der Waals surface area contributed by atoms with Gasteiger partial charge in [0.1, 0.15) is 18.1 Å². The molecule has 0 heterocycles. The molecule has 1 atom stereocenters. The Morgan fingerprint density at radius 1 is 1.12 bits per heavy atom. The van der Waals surface area contributed by atoms with E-state index < -0.39 is 6.10 Å². The lowest BCUT2D eigenvalue weighted by Gasteiger charge is -2.09. The van der Waals surface area contributed by atoms with Gasteiger partial charge in [0.05, 0.1) is 12.7 Å². The zero-order valence-electron chi connectivity index (χ0n) is 9.98. The van der Waals surface area contributed by atoms with Crippen LogP contribution in [0.15, 0.2) is 24.3 Å². The normalized spacial score (nSPS) is 12.2. The first-order valence-corrected chi connectivity index (χ1v) is 5.76. The molecule has 0 fully saturated rings. The Morgan fingerprint density at radius 2 is 1.69 bits per heavy atom. The average Bonchev–Trinajstić information content (AvgIpc) is 2.28. The molecule has 0 radical (unpaired) electrons. The molecule has 1 N–H and O–H groups in total. The summed E-state index contributed by atoms with van der Waals surface area (Å²) in [6.45, 7) is 4.90. The van der Waals surface area contributed by atoms with Gasteiger partial charge in [0, 0.05) is 0 Å². The third-order valence-corrected chi connectivity index (χ3v) is 2.08. The predicted octanol–water partition coefficient (Wildman–Crippen LogP) is 2.63. The summed E-state index contributed by atoms with van der Waals surface area (Å²) in [4.78, 5) is 0. The van der Waals surface area contributed by atoms with E-state index in [2.05, 4.69) is 6.92 Å². The molecule has 0 aliphatic rings. The first kappa shape index (κ1) is 12.8. The number of aliphatic hydroxyl groups is 1. The van der Waals surface area contributed by atoms with Gasteiger partial charge >= 0.3 is 0 Å². The molecule has 0 aliphatic heterocycles. The third-order valence-electron chi connectivity index (χ3n) is 2.08. The lowest BCUT2D eigenvalue weighted by molar-refractivity contribution is 0.122. The fourth-order valence-electron chi connectivity index (χ4n) is 1.18. The highest BCUT2D eigenvalue weighted by atomic mass is 16.5. The highest BCUT2D eigenvalue weighted by Crippen LogP contribution is 2.17. The number of aliphatic hydroxyl groups excluding tert-OH is 1.